The molecule has 0 N–H and O–H groups in total. The number of rotatable bonds is 11. The third-order valence-corrected chi connectivity index (χ3v) is 2.59. The number of nitrogens with zero attached hydrogens (tertiary/aromatic N) is 1. The maximum absolute atomic E-state index is 11.5. The zero-order valence-corrected chi connectivity index (χ0v) is 13.0. The van der Waals surface area contributed by atoms with Gasteiger partial charge in [0.15, 0.2) is 0 Å². The first kappa shape index (κ1) is 18.9. The largest absolute Gasteiger partial charge is 0.465 e. The molecule has 0 saturated heterocycles. The van der Waals surface area contributed by atoms with Crippen LogP contribution in [0, 0.1) is 0 Å². The van der Waals surface area contributed by atoms with E-state index in [4.69, 9.17) is 14.3 Å². The minimum absolute atomic E-state index is 0.0103. The van der Waals surface area contributed by atoms with Gasteiger partial charge in [0.05, 0.1) is 19.3 Å². The smallest absolute Gasteiger partial charge is 0.322 e. The van der Waals surface area contributed by atoms with Gasteiger partial charge in [0, 0.05) is 0 Å². The Morgan fingerprint density at radius 1 is 0.950 bits per heavy atom. The third-order valence-electron chi connectivity index (χ3n) is 2.59. The van der Waals surface area contributed by atoms with Gasteiger partial charge < -0.3 is 9.47 Å². The Kier molecular flexibility index (Phi) is 11.0. The van der Waals surface area contributed by atoms with E-state index in [-0.39, 0.29) is 19.2 Å². The molecule has 0 aromatic rings. The van der Waals surface area contributed by atoms with Gasteiger partial charge in [-0.2, -0.15) is 5.06 Å². The minimum atomic E-state index is -0.414. The van der Waals surface area contributed by atoms with Crippen molar-refractivity contribution in [2.75, 3.05) is 26.3 Å². The molecule has 0 spiro atoms. The number of carbonyl (C=O) groups excluding carboxylic acids is 2. The molecule has 6 nitrogen and oxygen atoms in total. The Bertz CT molecular complexity index is 263. The summed E-state index contributed by atoms with van der Waals surface area (Å²) in [4.78, 5) is 28.8. The topological polar surface area (TPSA) is 65.1 Å². The fourth-order valence-corrected chi connectivity index (χ4v) is 1.70. The highest BCUT2D eigenvalue weighted by atomic mass is 16.7. The van der Waals surface area contributed by atoms with E-state index in [1.165, 1.54) is 5.06 Å². The molecule has 0 radical (unpaired) electrons. The summed E-state index contributed by atoms with van der Waals surface area (Å²) < 4.78 is 9.75. The second kappa shape index (κ2) is 11.7. The Morgan fingerprint density at radius 3 is 1.80 bits per heavy atom. The van der Waals surface area contributed by atoms with Crippen LogP contribution in [0.4, 0.5) is 0 Å². The summed E-state index contributed by atoms with van der Waals surface area (Å²) in [6.07, 6.45) is 2.66. The zero-order chi connectivity index (χ0) is 15.4. The van der Waals surface area contributed by atoms with Crippen LogP contribution in [0.1, 0.15) is 47.0 Å². The summed E-state index contributed by atoms with van der Waals surface area (Å²) in [6.45, 7) is 8.00. The molecule has 0 aliphatic carbocycles. The highest BCUT2D eigenvalue weighted by Crippen LogP contribution is 2.09. The quantitative estimate of drug-likeness (QED) is 0.428. The van der Waals surface area contributed by atoms with Crippen molar-refractivity contribution >= 4 is 11.9 Å². The highest BCUT2D eigenvalue weighted by molar-refractivity contribution is 5.74. The van der Waals surface area contributed by atoms with Crippen LogP contribution < -0.4 is 0 Å². The van der Waals surface area contributed by atoms with E-state index in [0.717, 1.165) is 19.3 Å². The fraction of sp³-hybridized carbons (Fsp3) is 0.857. The Morgan fingerprint density at radius 2 is 1.45 bits per heavy atom. The summed E-state index contributed by atoms with van der Waals surface area (Å²) in [5.74, 6) is -0.827. The molecule has 0 aliphatic rings. The van der Waals surface area contributed by atoms with Crippen molar-refractivity contribution in [2.45, 2.75) is 53.1 Å². The maximum Gasteiger partial charge on any atom is 0.322 e. The summed E-state index contributed by atoms with van der Waals surface area (Å²) in [5, 5.41) is 1.33. The fourth-order valence-electron chi connectivity index (χ4n) is 1.70. The molecule has 0 aromatic heterocycles. The molecule has 0 aromatic carbocycles. The maximum atomic E-state index is 11.5. The molecule has 0 fully saturated rings. The molecular weight excluding hydrogens is 262 g/mol. The average Bonchev–Trinajstić information content (AvgIpc) is 2.38. The van der Waals surface area contributed by atoms with Gasteiger partial charge in [0.1, 0.15) is 13.1 Å². The first-order chi connectivity index (χ1) is 9.57. The normalized spacial score (nSPS) is 12.2. The van der Waals surface area contributed by atoms with Crippen molar-refractivity contribution in [3.8, 4) is 0 Å². The summed E-state index contributed by atoms with van der Waals surface area (Å²) >= 11 is 0. The van der Waals surface area contributed by atoms with Gasteiger partial charge in [-0.05, 0) is 26.7 Å². The predicted octanol–water partition coefficient (Wildman–Crippen LogP) is 1.92. The number of esters is 2. The predicted molar refractivity (Wildman–Crippen MR) is 74.9 cm³/mol. The molecule has 118 valence electrons. The van der Waals surface area contributed by atoms with E-state index in [9.17, 15) is 9.59 Å². The molecular formula is C14H27NO5. The molecule has 1 atom stereocenters. The first-order valence-electron chi connectivity index (χ1n) is 7.30. The van der Waals surface area contributed by atoms with E-state index in [2.05, 4.69) is 6.92 Å². The van der Waals surface area contributed by atoms with E-state index < -0.39 is 11.9 Å². The van der Waals surface area contributed by atoms with Crippen molar-refractivity contribution in [2.24, 2.45) is 0 Å². The number of carbonyl (C=O) groups is 2. The number of hydrogen-bond acceptors (Lipinski definition) is 6. The lowest BCUT2D eigenvalue weighted by Crippen LogP contribution is -2.39. The van der Waals surface area contributed by atoms with Gasteiger partial charge >= 0.3 is 11.9 Å². The molecule has 0 aliphatic heterocycles. The Labute approximate surface area is 121 Å². The van der Waals surface area contributed by atoms with Crippen LogP contribution in [-0.2, 0) is 23.9 Å². The number of hydrogen-bond donors (Lipinski definition) is 0. The molecule has 0 amide bonds. The van der Waals surface area contributed by atoms with Crippen LogP contribution in [-0.4, -0.2) is 49.4 Å². The average molecular weight is 289 g/mol. The monoisotopic (exact) mass is 289 g/mol. The molecule has 0 bridgehead atoms. The zero-order valence-electron chi connectivity index (χ0n) is 13.0. The Balaban J connectivity index is 4.50. The lowest BCUT2D eigenvalue weighted by molar-refractivity contribution is -0.212. The van der Waals surface area contributed by atoms with Gasteiger partial charge in [0.25, 0.3) is 0 Å². The molecule has 6 heteroatoms. The third kappa shape index (κ3) is 8.87. The second-order valence-electron chi connectivity index (χ2n) is 4.33. The first-order valence-corrected chi connectivity index (χ1v) is 7.30. The molecule has 0 heterocycles. The van der Waals surface area contributed by atoms with Crippen molar-refractivity contribution < 1.29 is 23.9 Å². The molecule has 0 rings (SSSR count). The highest BCUT2D eigenvalue weighted by Gasteiger charge is 2.20. The van der Waals surface area contributed by atoms with Crippen molar-refractivity contribution in [3.63, 3.8) is 0 Å². The molecule has 0 saturated carbocycles. The Hall–Kier alpha value is -1.14. The molecule has 20 heavy (non-hydrogen) atoms. The van der Waals surface area contributed by atoms with Gasteiger partial charge in [-0.25, -0.2) is 0 Å². The number of hydroxylamine groups is 2. The minimum Gasteiger partial charge on any atom is -0.465 e. The van der Waals surface area contributed by atoms with Crippen molar-refractivity contribution in [3.05, 3.63) is 0 Å². The van der Waals surface area contributed by atoms with Gasteiger partial charge in [-0.1, -0.05) is 20.3 Å². The van der Waals surface area contributed by atoms with Crippen LogP contribution in [0.5, 0.6) is 0 Å². The van der Waals surface area contributed by atoms with Crippen LogP contribution in [0.25, 0.3) is 0 Å². The van der Waals surface area contributed by atoms with Gasteiger partial charge in [0.2, 0.25) is 0 Å². The van der Waals surface area contributed by atoms with E-state index in [1.807, 2.05) is 6.92 Å². The summed E-state index contributed by atoms with van der Waals surface area (Å²) in [6, 6.07) is 0. The lowest BCUT2D eigenvalue weighted by atomic mass is 10.2. The van der Waals surface area contributed by atoms with Crippen molar-refractivity contribution in [1.82, 2.24) is 5.06 Å². The van der Waals surface area contributed by atoms with E-state index in [1.54, 1.807) is 13.8 Å². The lowest BCUT2D eigenvalue weighted by Gasteiger charge is -2.25. The van der Waals surface area contributed by atoms with E-state index >= 15 is 0 Å². The van der Waals surface area contributed by atoms with E-state index in [0.29, 0.717) is 13.2 Å². The standard InChI is InChI=1S/C14H27NO5/c1-5-9-12(6-2)20-15(10-13(16)18-7-3)11-14(17)19-8-4/h12H,5-11H2,1-4H3. The second-order valence-corrected chi connectivity index (χ2v) is 4.33. The summed E-state index contributed by atoms with van der Waals surface area (Å²) in [5.41, 5.74) is 0. The van der Waals surface area contributed by atoms with Crippen LogP contribution in [0.3, 0.4) is 0 Å². The molecule has 1 unspecified atom stereocenters. The van der Waals surface area contributed by atoms with Gasteiger partial charge in [-0.3, -0.25) is 14.4 Å². The van der Waals surface area contributed by atoms with Crippen molar-refractivity contribution in [1.29, 1.82) is 0 Å². The van der Waals surface area contributed by atoms with Crippen LogP contribution in [0.15, 0.2) is 0 Å². The van der Waals surface area contributed by atoms with Crippen LogP contribution >= 0.6 is 0 Å². The van der Waals surface area contributed by atoms with Gasteiger partial charge in [-0.15, -0.1) is 0 Å². The summed E-state index contributed by atoms with van der Waals surface area (Å²) in [7, 11) is 0. The number of ether oxygens (including phenoxy) is 2. The SMILES string of the molecule is CCCC(CC)ON(CC(=O)OCC)CC(=O)OCC. The van der Waals surface area contributed by atoms with Crippen LogP contribution in [0.2, 0.25) is 0 Å².